The molecule has 0 unspecified atom stereocenters. The molecule has 2 N–H and O–H groups in total. The molecule has 1 rings (SSSR count). The van der Waals surface area contributed by atoms with Crippen LogP contribution in [-0.2, 0) is 4.43 Å². The van der Waals surface area contributed by atoms with E-state index < -0.39 is 19.1 Å². The number of primary amides is 1. The lowest BCUT2D eigenvalue weighted by Gasteiger charge is -2.36. The second-order valence-electron chi connectivity index (χ2n) is 7.11. The van der Waals surface area contributed by atoms with E-state index in [2.05, 4.69) is 33.9 Å². The van der Waals surface area contributed by atoms with E-state index in [0.717, 1.165) is 0 Å². The van der Waals surface area contributed by atoms with Crippen molar-refractivity contribution < 1.29 is 18.9 Å². The van der Waals surface area contributed by atoms with Crippen molar-refractivity contribution in [2.75, 3.05) is 13.2 Å². The van der Waals surface area contributed by atoms with Crippen molar-refractivity contribution in [3.8, 4) is 5.75 Å². The molecule has 1 aromatic carbocycles. The fraction of sp³-hybridized carbons (Fsp3) is 0.562. The summed E-state index contributed by atoms with van der Waals surface area (Å²) in [6.07, 6.45) is 0.690. The van der Waals surface area contributed by atoms with Crippen molar-refractivity contribution in [1.82, 2.24) is 0 Å². The van der Waals surface area contributed by atoms with Crippen molar-refractivity contribution >= 4 is 19.9 Å². The average molecular weight is 354 g/mol. The second-order valence-corrected chi connectivity index (χ2v) is 11.9. The van der Waals surface area contributed by atoms with Crippen molar-refractivity contribution in [1.29, 1.82) is 0 Å². The maximum Gasteiger partial charge on any atom is 0.282 e. The van der Waals surface area contributed by atoms with Gasteiger partial charge in [-0.1, -0.05) is 20.8 Å². The Morgan fingerprint density at radius 3 is 2.42 bits per heavy atom. The van der Waals surface area contributed by atoms with E-state index in [1.165, 1.54) is 18.2 Å². The fourth-order valence-electron chi connectivity index (χ4n) is 1.75. The standard InChI is InChI=1S/C16H26N2O5Si/c1-16(2,3)24(4,5)23-10-6-9-22-12-7-8-14(18(20)21)13(11-12)15(17)19/h7-8,11H,6,9-10H2,1-5H3,(H2,17,19). The molecule has 0 atom stereocenters. The number of nitrogens with zero attached hydrogens (tertiary/aromatic N) is 1. The third-order valence-corrected chi connectivity index (χ3v) is 8.79. The van der Waals surface area contributed by atoms with Crippen molar-refractivity contribution in [2.24, 2.45) is 5.73 Å². The van der Waals surface area contributed by atoms with E-state index in [1.807, 2.05) is 0 Å². The van der Waals surface area contributed by atoms with Crippen molar-refractivity contribution in [3.05, 3.63) is 33.9 Å². The molecule has 1 aromatic rings. The van der Waals surface area contributed by atoms with Crippen LogP contribution >= 0.6 is 0 Å². The number of nitro groups is 1. The van der Waals surface area contributed by atoms with Crippen LogP contribution in [0.3, 0.4) is 0 Å². The molecule has 134 valence electrons. The van der Waals surface area contributed by atoms with Crippen LogP contribution in [0.2, 0.25) is 18.1 Å². The van der Waals surface area contributed by atoms with E-state index in [-0.39, 0.29) is 16.3 Å². The predicted molar refractivity (Wildman–Crippen MR) is 94.9 cm³/mol. The highest BCUT2D eigenvalue weighted by Gasteiger charge is 2.36. The Hall–Kier alpha value is -1.93. The normalized spacial score (nSPS) is 12.0. The molecule has 0 aliphatic carbocycles. The number of carbonyl (C=O) groups excluding carboxylic acids is 1. The topological polar surface area (TPSA) is 105 Å². The zero-order valence-electron chi connectivity index (χ0n) is 14.9. The quantitative estimate of drug-likeness (QED) is 0.333. The van der Waals surface area contributed by atoms with Gasteiger partial charge in [0.05, 0.1) is 11.5 Å². The number of amides is 1. The summed E-state index contributed by atoms with van der Waals surface area (Å²) in [6, 6.07) is 3.98. The summed E-state index contributed by atoms with van der Waals surface area (Å²) < 4.78 is 11.6. The Kier molecular flexibility index (Phi) is 6.50. The van der Waals surface area contributed by atoms with E-state index in [9.17, 15) is 14.9 Å². The van der Waals surface area contributed by atoms with Crippen LogP contribution in [0.25, 0.3) is 0 Å². The molecule has 8 heteroatoms. The van der Waals surface area contributed by atoms with Crippen LogP contribution < -0.4 is 10.5 Å². The van der Waals surface area contributed by atoms with Crippen molar-refractivity contribution in [2.45, 2.75) is 45.3 Å². The highest BCUT2D eigenvalue weighted by atomic mass is 28.4. The number of nitrogens with two attached hydrogens (primary N) is 1. The first-order valence-corrected chi connectivity index (χ1v) is 10.7. The minimum absolute atomic E-state index is 0.155. The van der Waals surface area contributed by atoms with Crippen LogP contribution in [-0.4, -0.2) is 32.4 Å². The average Bonchev–Trinajstić information content (AvgIpc) is 2.45. The Morgan fingerprint density at radius 1 is 1.29 bits per heavy atom. The zero-order chi connectivity index (χ0) is 18.5. The minimum Gasteiger partial charge on any atom is -0.493 e. The van der Waals surface area contributed by atoms with Crippen molar-refractivity contribution in [3.63, 3.8) is 0 Å². The van der Waals surface area contributed by atoms with E-state index in [0.29, 0.717) is 25.4 Å². The summed E-state index contributed by atoms with van der Waals surface area (Å²) in [5.41, 5.74) is 4.69. The monoisotopic (exact) mass is 354 g/mol. The number of nitro benzene ring substituents is 1. The largest absolute Gasteiger partial charge is 0.493 e. The van der Waals surface area contributed by atoms with Crippen LogP contribution in [0.1, 0.15) is 37.6 Å². The summed E-state index contributed by atoms with van der Waals surface area (Å²) in [5.74, 6) is -0.477. The maximum absolute atomic E-state index is 11.3. The smallest absolute Gasteiger partial charge is 0.282 e. The lowest BCUT2D eigenvalue weighted by atomic mass is 10.1. The first kappa shape index (κ1) is 20.1. The van der Waals surface area contributed by atoms with Crippen LogP contribution in [0.4, 0.5) is 5.69 Å². The van der Waals surface area contributed by atoms with Gasteiger partial charge in [-0.3, -0.25) is 14.9 Å². The Balaban J connectivity index is 2.56. The molecule has 0 spiro atoms. The molecule has 24 heavy (non-hydrogen) atoms. The van der Waals surface area contributed by atoms with Gasteiger partial charge in [-0.05, 0) is 30.3 Å². The second kappa shape index (κ2) is 7.76. The first-order valence-electron chi connectivity index (χ1n) is 7.81. The first-order chi connectivity index (χ1) is 11.0. The molecular formula is C16H26N2O5Si. The number of ether oxygens (including phenoxy) is 1. The molecule has 0 heterocycles. The number of hydrogen-bond acceptors (Lipinski definition) is 5. The Morgan fingerprint density at radius 2 is 1.92 bits per heavy atom. The number of carbonyl (C=O) groups is 1. The lowest BCUT2D eigenvalue weighted by Crippen LogP contribution is -2.41. The third kappa shape index (κ3) is 5.31. The van der Waals surface area contributed by atoms with E-state index in [1.54, 1.807) is 0 Å². The number of benzene rings is 1. The molecule has 0 saturated carbocycles. The predicted octanol–water partition coefficient (Wildman–Crippen LogP) is 3.48. The van der Waals surface area contributed by atoms with Gasteiger partial charge >= 0.3 is 0 Å². The molecule has 1 amide bonds. The SMILES string of the molecule is CC(C)(C)[Si](C)(C)OCCCOc1ccc([N+](=O)[O-])c(C(N)=O)c1. The van der Waals surface area contributed by atoms with Crippen LogP contribution in [0.15, 0.2) is 18.2 Å². The van der Waals surface area contributed by atoms with Gasteiger partial charge in [0, 0.05) is 19.1 Å². The lowest BCUT2D eigenvalue weighted by molar-refractivity contribution is -0.385. The molecular weight excluding hydrogens is 328 g/mol. The number of hydrogen-bond donors (Lipinski definition) is 1. The molecule has 0 radical (unpaired) electrons. The van der Waals surface area contributed by atoms with Gasteiger partial charge in [0.15, 0.2) is 8.32 Å². The third-order valence-electron chi connectivity index (χ3n) is 4.26. The zero-order valence-corrected chi connectivity index (χ0v) is 15.9. The number of rotatable bonds is 8. The summed E-state index contributed by atoms with van der Waals surface area (Å²) >= 11 is 0. The molecule has 0 saturated heterocycles. The van der Waals surface area contributed by atoms with Gasteiger partial charge in [0.1, 0.15) is 11.3 Å². The Bertz CT molecular complexity index is 611. The van der Waals surface area contributed by atoms with E-state index in [4.69, 9.17) is 14.9 Å². The Labute approximate surface area is 143 Å². The van der Waals surface area contributed by atoms with Crippen LogP contribution in [0, 0.1) is 10.1 Å². The summed E-state index contributed by atoms with van der Waals surface area (Å²) in [7, 11) is -1.77. The minimum atomic E-state index is -1.77. The summed E-state index contributed by atoms with van der Waals surface area (Å²) in [5, 5.41) is 11.0. The fourth-order valence-corrected chi connectivity index (χ4v) is 2.84. The van der Waals surface area contributed by atoms with Gasteiger partial charge in [0.25, 0.3) is 11.6 Å². The molecule has 0 aromatic heterocycles. The van der Waals surface area contributed by atoms with Gasteiger partial charge < -0.3 is 14.9 Å². The van der Waals surface area contributed by atoms with Gasteiger partial charge in [-0.15, -0.1) is 0 Å². The highest BCUT2D eigenvalue weighted by Crippen LogP contribution is 2.36. The summed E-state index contributed by atoms with van der Waals surface area (Å²) in [6.45, 7) is 11.9. The molecule has 7 nitrogen and oxygen atoms in total. The molecule has 0 aliphatic heterocycles. The van der Waals surface area contributed by atoms with Gasteiger partial charge in [-0.2, -0.15) is 0 Å². The maximum atomic E-state index is 11.3. The molecule has 0 bridgehead atoms. The van der Waals surface area contributed by atoms with Gasteiger partial charge in [-0.25, -0.2) is 0 Å². The van der Waals surface area contributed by atoms with Crippen LogP contribution in [0.5, 0.6) is 5.75 Å². The highest BCUT2D eigenvalue weighted by molar-refractivity contribution is 6.74. The van der Waals surface area contributed by atoms with Gasteiger partial charge in [0.2, 0.25) is 0 Å². The molecule has 0 aliphatic rings. The van der Waals surface area contributed by atoms with E-state index >= 15 is 0 Å². The summed E-state index contributed by atoms with van der Waals surface area (Å²) in [4.78, 5) is 21.5. The molecule has 0 fully saturated rings.